The summed E-state index contributed by atoms with van der Waals surface area (Å²) >= 11 is 0. The van der Waals surface area contributed by atoms with E-state index in [0.29, 0.717) is 50.0 Å². The molecule has 16 atom stereocenters. The van der Waals surface area contributed by atoms with Crippen LogP contribution in [-0.4, -0.2) is 116 Å². The lowest BCUT2D eigenvalue weighted by atomic mass is 9.71. The van der Waals surface area contributed by atoms with Crippen molar-refractivity contribution in [3.8, 4) is 0 Å². The maximum absolute atomic E-state index is 14.3. The highest BCUT2D eigenvalue weighted by Gasteiger charge is 2.60. The Morgan fingerprint density at radius 3 is 2.59 bits per heavy atom. The smallest absolute Gasteiger partial charge is 0.316 e. The highest BCUT2D eigenvalue weighted by Crippen LogP contribution is 2.47. The zero-order chi connectivity index (χ0) is 40.4. The second kappa shape index (κ2) is 18.4. The van der Waals surface area contributed by atoms with Crippen LogP contribution in [0.2, 0.25) is 0 Å². The molecule has 3 fully saturated rings. The molecule has 4 N–H and O–H groups in total. The van der Waals surface area contributed by atoms with E-state index in [1.807, 2.05) is 25.2 Å². The van der Waals surface area contributed by atoms with Crippen LogP contribution in [-0.2, 0) is 42.7 Å². The lowest BCUT2D eigenvalue weighted by molar-refractivity contribution is -0.300. The number of esters is 1. The van der Waals surface area contributed by atoms with E-state index in [9.17, 15) is 15.0 Å². The van der Waals surface area contributed by atoms with Gasteiger partial charge in [-0.05, 0) is 56.3 Å². The topological polar surface area (TPSA) is 157 Å². The van der Waals surface area contributed by atoms with E-state index in [1.165, 1.54) is 0 Å². The molecular formula is C44H67NO11. The van der Waals surface area contributed by atoms with Gasteiger partial charge >= 0.3 is 5.97 Å². The minimum atomic E-state index is -1.80. The van der Waals surface area contributed by atoms with Crippen molar-refractivity contribution in [2.45, 2.75) is 147 Å². The molecule has 0 aromatic carbocycles. The third-order valence-corrected chi connectivity index (χ3v) is 13.2. The summed E-state index contributed by atoms with van der Waals surface area (Å²) in [6.07, 6.45) is 12.7. The monoisotopic (exact) mass is 785 g/mol. The van der Waals surface area contributed by atoms with Crippen LogP contribution in [0.5, 0.6) is 0 Å². The molecule has 56 heavy (non-hydrogen) atoms. The van der Waals surface area contributed by atoms with Crippen LogP contribution in [0.3, 0.4) is 0 Å². The number of allylic oxidation sites excluding steroid dienone is 3. The molecule has 0 saturated carbocycles. The quantitative estimate of drug-likeness (QED) is 0.124. The van der Waals surface area contributed by atoms with Crippen molar-refractivity contribution in [2.75, 3.05) is 33.7 Å². The summed E-state index contributed by atoms with van der Waals surface area (Å²) in [5.74, 6) is -2.30. The molecule has 6 aliphatic rings. The number of rotatable bonds is 9. The third-order valence-electron chi connectivity index (χ3n) is 13.2. The highest BCUT2D eigenvalue weighted by molar-refractivity contribution is 5.78. The molecule has 1 spiro atoms. The summed E-state index contributed by atoms with van der Waals surface area (Å²) in [6, 6.07) is 0. The largest absolute Gasteiger partial charge is 0.462 e. The van der Waals surface area contributed by atoms with Crippen molar-refractivity contribution in [3.63, 3.8) is 0 Å². The number of hydrogen-bond acceptors (Lipinski definition) is 12. The number of carbonyl (C=O) groups is 1. The first-order valence-corrected chi connectivity index (χ1v) is 20.8. The second-order valence-corrected chi connectivity index (χ2v) is 17.1. The van der Waals surface area contributed by atoms with Gasteiger partial charge in [0, 0.05) is 44.8 Å². The molecule has 314 valence electrons. The Hall–Kier alpha value is -2.23. The van der Waals surface area contributed by atoms with Crippen molar-refractivity contribution in [1.82, 2.24) is 0 Å². The van der Waals surface area contributed by atoms with E-state index in [4.69, 9.17) is 43.6 Å². The summed E-state index contributed by atoms with van der Waals surface area (Å²) in [6.45, 7) is 15.6. The Labute approximate surface area is 333 Å². The maximum atomic E-state index is 14.3. The Morgan fingerprint density at radius 1 is 1.07 bits per heavy atom. The zero-order valence-electron chi connectivity index (χ0n) is 34.6. The first-order valence-electron chi connectivity index (χ1n) is 20.8. The lowest BCUT2D eigenvalue weighted by Crippen LogP contribution is -2.58. The van der Waals surface area contributed by atoms with Crippen molar-refractivity contribution in [3.05, 3.63) is 59.3 Å². The molecule has 4 unspecified atom stereocenters. The SMILES string of the molecule is CCC(C)[C@H]1OC2(C=C[C@@H]1C)C[C@@H]1C[C@@H](C/C=C(\C)[C@@H](C3C[C@H](OC)[C@@H](OCOCCN)[C@H](C)O3)[C@@H](C)/C=C/C=C3\CO[C@@H]4[C@H](O)C(C)=CC(C(=O)O1)[C@]34O)O2. The molecule has 0 aromatic heterocycles. The summed E-state index contributed by atoms with van der Waals surface area (Å²) in [5.41, 5.74) is 6.01. The van der Waals surface area contributed by atoms with Gasteiger partial charge in [-0.15, -0.1) is 0 Å². The summed E-state index contributed by atoms with van der Waals surface area (Å²) < 4.78 is 50.7. The number of hydrogen-bond donors (Lipinski definition) is 3. The van der Waals surface area contributed by atoms with E-state index >= 15 is 0 Å². The van der Waals surface area contributed by atoms with Gasteiger partial charge in [-0.2, -0.15) is 0 Å². The van der Waals surface area contributed by atoms with Crippen LogP contribution in [0.15, 0.2) is 59.3 Å². The molecule has 5 heterocycles. The van der Waals surface area contributed by atoms with Crippen LogP contribution in [0.25, 0.3) is 0 Å². The number of carbonyl (C=O) groups excluding carboxylic acids is 1. The van der Waals surface area contributed by atoms with Gasteiger partial charge in [0.05, 0.1) is 43.7 Å². The Morgan fingerprint density at radius 2 is 1.86 bits per heavy atom. The fraction of sp³-hybridized carbons (Fsp3) is 0.750. The fourth-order valence-corrected chi connectivity index (χ4v) is 9.86. The Kier molecular flexibility index (Phi) is 14.2. The number of aliphatic hydroxyl groups excluding tert-OH is 1. The van der Waals surface area contributed by atoms with Gasteiger partial charge in [-0.1, -0.05) is 76.1 Å². The average Bonchev–Trinajstić information content (AvgIpc) is 3.51. The van der Waals surface area contributed by atoms with Gasteiger partial charge in [0.2, 0.25) is 0 Å². The molecule has 0 radical (unpaired) electrons. The summed E-state index contributed by atoms with van der Waals surface area (Å²) in [4.78, 5) is 14.3. The lowest BCUT2D eigenvalue weighted by Gasteiger charge is -2.48. The van der Waals surface area contributed by atoms with E-state index in [0.717, 1.165) is 12.0 Å². The fourth-order valence-electron chi connectivity index (χ4n) is 9.86. The van der Waals surface area contributed by atoms with Crippen molar-refractivity contribution in [2.24, 2.45) is 35.3 Å². The van der Waals surface area contributed by atoms with E-state index in [1.54, 1.807) is 20.1 Å². The first kappa shape index (κ1) is 43.4. The number of methoxy groups -OCH3 is 1. The molecule has 6 rings (SSSR count). The second-order valence-electron chi connectivity index (χ2n) is 17.1. The maximum Gasteiger partial charge on any atom is 0.316 e. The molecule has 12 heteroatoms. The van der Waals surface area contributed by atoms with Crippen LogP contribution in [0.1, 0.15) is 80.6 Å². The predicted molar refractivity (Wildman–Crippen MR) is 210 cm³/mol. The average molecular weight is 786 g/mol. The number of aliphatic hydroxyl groups is 2. The molecule has 0 aromatic rings. The first-order chi connectivity index (χ1) is 26.7. The number of nitrogens with two attached hydrogens (primary N) is 1. The van der Waals surface area contributed by atoms with Gasteiger partial charge in [-0.25, -0.2) is 0 Å². The minimum Gasteiger partial charge on any atom is -0.462 e. The number of ether oxygens (including phenoxy) is 8. The van der Waals surface area contributed by atoms with Crippen LogP contribution in [0.4, 0.5) is 0 Å². The van der Waals surface area contributed by atoms with Crippen molar-refractivity contribution >= 4 is 5.97 Å². The molecule has 5 aliphatic heterocycles. The van der Waals surface area contributed by atoms with Crippen molar-refractivity contribution < 1.29 is 52.9 Å². The highest BCUT2D eigenvalue weighted by atomic mass is 16.7. The molecule has 3 saturated heterocycles. The molecule has 0 amide bonds. The standard InChI is InChI=1S/C44H67NO11/c1-9-25(2)39-28(5)15-16-43(56-39)22-33-20-32(55-43)14-13-27(4)37(35-21-36(49-8)40(30(7)53-35)52-24-50-18-17-45)26(3)11-10-12-31-23-51-41-38(46)29(6)19-34(42(47)54-33)44(31,41)48/h10-13,15-16,19,25-26,28,30,32-41,46,48H,9,14,17-18,20-24,45H2,1-8H3/b11-10+,27-13+,31-12+/t25?,26-,28-,30-,32+,33-,34?,35?,36-,37-,38+,39+,40-,41+,43?,44+/m0/s1. The van der Waals surface area contributed by atoms with Crippen molar-refractivity contribution in [1.29, 1.82) is 0 Å². The Bertz CT molecular complexity index is 1530. The summed E-state index contributed by atoms with van der Waals surface area (Å²) in [5, 5.41) is 23.7. The van der Waals surface area contributed by atoms with Gasteiger partial charge in [0.15, 0.2) is 5.79 Å². The van der Waals surface area contributed by atoms with E-state index in [2.05, 4.69) is 52.8 Å². The minimum absolute atomic E-state index is 0.0163. The van der Waals surface area contributed by atoms with Crippen LogP contribution in [0, 0.1) is 29.6 Å². The van der Waals surface area contributed by atoms with Crippen LogP contribution < -0.4 is 5.73 Å². The number of fused-ring (bicyclic) bond motifs is 2. The molecule has 12 nitrogen and oxygen atoms in total. The Balaban J connectivity index is 1.37. The van der Waals surface area contributed by atoms with Crippen LogP contribution >= 0.6 is 0 Å². The normalized spacial score (nSPS) is 46.2. The van der Waals surface area contributed by atoms with Gasteiger partial charge in [0.25, 0.3) is 0 Å². The van der Waals surface area contributed by atoms with E-state index < -0.39 is 41.6 Å². The predicted octanol–water partition coefficient (Wildman–Crippen LogP) is 5.07. The van der Waals surface area contributed by atoms with Gasteiger partial charge in [0.1, 0.15) is 42.7 Å². The third kappa shape index (κ3) is 8.85. The molecule has 1 aliphatic carbocycles. The van der Waals surface area contributed by atoms with E-state index in [-0.39, 0.29) is 73.7 Å². The zero-order valence-corrected chi connectivity index (χ0v) is 34.6. The molecular weight excluding hydrogens is 718 g/mol. The summed E-state index contributed by atoms with van der Waals surface area (Å²) in [7, 11) is 1.70. The van der Waals surface area contributed by atoms with Gasteiger partial charge < -0.3 is 53.8 Å². The molecule has 2 bridgehead atoms. The van der Waals surface area contributed by atoms with Gasteiger partial charge in [-0.3, -0.25) is 4.79 Å².